The highest BCUT2D eigenvalue weighted by atomic mass is 16.4. The van der Waals surface area contributed by atoms with Gasteiger partial charge in [-0.3, -0.25) is 14.8 Å². The lowest BCUT2D eigenvalue weighted by atomic mass is 10.0. The van der Waals surface area contributed by atoms with Gasteiger partial charge in [0.05, 0.1) is 5.69 Å². The molecule has 3 heterocycles. The number of hydrogen-bond acceptors (Lipinski definition) is 5. The molecule has 4 aromatic rings. The van der Waals surface area contributed by atoms with E-state index in [2.05, 4.69) is 69.4 Å². The van der Waals surface area contributed by atoms with E-state index in [-0.39, 0.29) is 0 Å². The van der Waals surface area contributed by atoms with Gasteiger partial charge in [-0.25, -0.2) is 4.98 Å². The Labute approximate surface area is 189 Å². The summed E-state index contributed by atoms with van der Waals surface area (Å²) in [7, 11) is 0. The number of benzene rings is 2. The fourth-order valence-electron chi connectivity index (χ4n) is 4.20. The number of rotatable bonds is 6. The lowest BCUT2D eigenvalue weighted by Crippen LogP contribution is -2.45. The van der Waals surface area contributed by atoms with Crippen molar-refractivity contribution in [3.05, 3.63) is 96.1 Å². The van der Waals surface area contributed by atoms with E-state index < -0.39 is 0 Å². The van der Waals surface area contributed by atoms with Crippen LogP contribution in [0.1, 0.15) is 17.0 Å². The van der Waals surface area contributed by atoms with Gasteiger partial charge in [-0.1, -0.05) is 48.5 Å². The summed E-state index contributed by atoms with van der Waals surface area (Å²) in [6, 6.07) is 23.0. The number of piperazine rings is 1. The molecule has 0 bridgehead atoms. The maximum absolute atomic E-state index is 6.03. The van der Waals surface area contributed by atoms with Gasteiger partial charge in [-0.05, 0) is 41.8 Å². The van der Waals surface area contributed by atoms with Gasteiger partial charge in [0.15, 0.2) is 0 Å². The predicted octanol–water partition coefficient (Wildman–Crippen LogP) is 5.03. The number of aromatic nitrogens is 2. The Morgan fingerprint density at radius 2 is 1.41 bits per heavy atom. The molecule has 162 valence electrons. The van der Waals surface area contributed by atoms with Gasteiger partial charge in [0.1, 0.15) is 5.76 Å². The number of pyridine rings is 1. The molecule has 1 aliphatic heterocycles. The van der Waals surface area contributed by atoms with E-state index in [0.717, 1.165) is 56.3 Å². The zero-order valence-electron chi connectivity index (χ0n) is 18.4. The third-order valence-electron chi connectivity index (χ3n) is 6.10. The van der Waals surface area contributed by atoms with Gasteiger partial charge in [0.2, 0.25) is 5.89 Å². The van der Waals surface area contributed by atoms with E-state index in [1.165, 1.54) is 16.7 Å². The molecule has 1 aliphatic rings. The first-order valence-corrected chi connectivity index (χ1v) is 11.2. The summed E-state index contributed by atoms with van der Waals surface area (Å²) in [4.78, 5) is 14.0. The van der Waals surface area contributed by atoms with E-state index in [1.54, 1.807) is 0 Å². The van der Waals surface area contributed by atoms with Crippen LogP contribution >= 0.6 is 0 Å². The fraction of sp³-hybridized carbons (Fsp3) is 0.259. The first-order valence-electron chi connectivity index (χ1n) is 11.2. The third-order valence-corrected chi connectivity index (χ3v) is 6.10. The minimum atomic E-state index is 0.701. The van der Waals surface area contributed by atoms with E-state index in [4.69, 9.17) is 9.40 Å². The summed E-state index contributed by atoms with van der Waals surface area (Å²) in [5.74, 6) is 1.61. The lowest BCUT2D eigenvalue weighted by Gasteiger charge is -2.34. The summed E-state index contributed by atoms with van der Waals surface area (Å²) in [6.07, 6.45) is 3.78. The Bertz CT molecular complexity index is 1130. The minimum absolute atomic E-state index is 0.701. The first kappa shape index (κ1) is 20.6. The Hall–Kier alpha value is -3.28. The average Bonchev–Trinajstić information content (AvgIpc) is 3.22. The van der Waals surface area contributed by atoms with E-state index in [9.17, 15) is 0 Å². The van der Waals surface area contributed by atoms with Gasteiger partial charge in [-0.15, -0.1) is 0 Å². The summed E-state index contributed by atoms with van der Waals surface area (Å²) < 4.78 is 6.03. The number of oxazole rings is 1. The second-order valence-corrected chi connectivity index (χ2v) is 8.38. The number of aryl methyl sites for hydroxylation is 1. The van der Waals surface area contributed by atoms with Crippen molar-refractivity contribution in [1.82, 2.24) is 19.8 Å². The Balaban J connectivity index is 1.20. The van der Waals surface area contributed by atoms with Gasteiger partial charge in [-0.2, -0.15) is 0 Å². The molecule has 32 heavy (non-hydrogen) atoms. The molecule has 0 N–H and O–H groups in total. The Morgan fingerprint density at radius 1 is 0.750 bits per heavy atom. The predicted molar refractivity (Wildman–Crippen MR) is 127 cm³/mol. The molecular weight excluding hydrogens is 396 g/mol. The van der Waals surface area contributed by atoms with Crippen LogP contribution in [0.25, 0.3) is 22.6 Å². The van der Waals surface area contributed by atoms with Crippen LogP contribution in [0.15, 0.2) is 83.5 Å². The zero-order chi connectivity index (χ0) is 21.8. The van der Waals surface area contributed by atoms with Crippen LogP contribution in [0.2, 0.25) is 0 Å². The highest BCUT2D eigenvalue weighted by molar-refractivity contribution is 5.67. The summed E-state index contributed by atoms with van der Waals surface area (Å²) >= 11 is 0. The Kier molecular flexibility index (Phi) is 6.10. The maximum atomic E-state index is 6.03. The lowest BCUT2D eigenvalue weighted by molar-refractivity contribution is 0.120. The average molecular weight is 425 g/mol. The largest absolute Gasteiger partial charge is 0.441 e. The third kappa shape index (κ3) is 4.79. The van der Waals surface area contributed by atoms with Crippen molar-refractivity contribution in [3.63, 3.8) is 0 Å². The molecule has 0 unspecified atom stereocenters. The van der Waals surface area contributed by atoms with Crippen LogP contribution < -0.4 is 0 Å². The Morgan fingerprint density at radius 3 is 2.09 bits per heavy atom. The van der Waals surface area contributed by atoms with Crippen LogP contribution in [0.5, 0.6) is 0 Å². The molecule has 0 aliphatic carbocycles. The molecule has 0 atom stereocenters. The van der Waals surface area contributed by atoms with Crippen molar-refractivity contribution in [1.29, 1.82) is 0 Å². The minimum Gasteiger partial charge on any atom is -0.441 e. The van der Waals surface area contributed by atoms with Gasteiger partial charge in [0.25, 0.3) is 0 Å². The number of nitrogens with zero attached hydrogens (tertiary/aromatic N) is 4. The number of hydrogen-bond donors (Lipinski definition) is 0. The van der Waals surface area contributed by atoms with Crippen molar-refractivity contribution < 1.29 is 4.42 Å². The monoisotopic (exact) mass is 424 g/mol. The van der Waals surface area contributed by atoms with Crippen molar-refractivity contribution in [2.24, 2.45) is 0 Å². The first-order chi connectivity index (χ1) is 15.7. The molecule has 5 nitrogen and oxygen atoms in total. The molecular formula is C27H28N4O. The second kappa shape index (κ2) is 9.47. The van der Waals surface area contributed by atoms with Crippen molar-refractivity contribution >= 4 is 0 Å². The molecule has 0 amide bonds. The van der Waals surface area contributed by atoms with Gasteiger partial charge in [0, 0.05) is 57.2 Å². The van der Waals surface area contributed by atoms with Crippen LogP contribution in [-0.2, 0) is 13.1 Å². The van der Waals surface area contributed by atoms with Crippen LogP contribution in [0, 0.1) is 6.92 Å². The molecule has 2 aromatic carbocycles. The zero-order valence-corrected chi connectivity index (χ0v) is 18.4. The maximum Gasteiger partial charge on any atom is 0.226 e. The normalized spacial score (nSPS) is 15.2. The van der Waals surface area contributed by atoms with Gasteiger partial charge < -0.3 is 4.42 Å². The standard InChI is InChI=1S/C27H28N4O/c1-21-26(20-31-16-14-30(15-17-31)19-22-6-5-13-28-18-22)29-27(32-21)25-11-9-24(10-12-25)23-7-3-2-4-8-23/h2-13,18H,14-17,19-20H2,1H3. The SMILES string of the molecule is Cc1oc(-c2ccc(-c3ccccc3)cc2)nc1CN1CCN(Cc2cccnc2)CC1. The molecule has 1 saturated heterocycles. The van der Waals surface area contributed by atoms with Crippen LogP contribution in [-0.4, -0.2) is 45.9 Å². The highest BCUT2D eigenvalue weighted by Crippen LogP contribution is 2.26. The van der Waals surface area contributed by atoms with E-state index in [1.807, 2.05) is 31.5 Å². The molecule has 5 rings (SSSR count). The van der Waals surface area contributed by atoms with Crippen molar-refractivity contribution in [2.75, 3.05) is 26.2 Å². The molecule has 2 aromatic heterocycles. The topological polar surface area (TPSA) is 45.4 Å². The van der Waals surface area contributed by atoms with Crippen molar-refractivity contribution in [3.8, 4) is 22.6 Å². The van der Waals surface area contributed by atoms with Crippen LogP contribution in [0.4, 0.5) is 0 Å². The molecule has 1 fully saturated rings. The molecule has 0 radical (unpaired) electrons. The summed E-state index contributed by atoms with van der Waals surface area (Å²) in [6.45, 7) is 8.00. The quantitative estimate of drug-likeness (QED) is 0.434. The summed E-state index contributed by atoms with van der Waals surface area (Å²) in [5, 5.41) is 0. The highest BCUT2D eigenvalue weighted by Gasteiger charge is 2.20. The van der Waals surface area contributed by atoms with E-state index in [0.29, 0.717) is 5.89 Å². The molecule has 0 saturated carbocycles. The van der Waals surface area contributed by atoms with Gasteiger partial charge >= 0.3 is 0 Å². The second-order valence-electron chi connectivity index (χ2n) is 8.38. The fourth-order valence-corrected chi connectivity index (χ4v) is 4.20. The van der Waals surface area contributed by atoms with Crippen molar-refractivity contribution in [2.45, 2.75) is 20.0 Å². The molecule has 0 spiro atoms. The molecule has 5 heteroatoms. The van der Waals surface area contributed by atoms with Crippen LogP contribution in [0.3, 0.4) is 0 Å². The summed E-state index contributed by atoms with van der Waals surface area (Å²) in [5.41, 5.74) is 5.73. The van der Waals surface area contributed by atoms with E-state index >= 15 is 0 Å². The smallest absolute Gasteiger partial charge is 0.226 e.